The molecule has 144 valence electrons. The average Bonchev–Trinajstić information content (AvgIpc) is 3.51. The summed E-state index contributed by atoms with van der Waals surface area (Å²) in [7, 11) is 0. The summed E-state index contributed by atoms with van der Waals surface area (Å²) in [5, 5.41) is 18.2. The Morgan fingerprint density at radius 1 is 1.10 bits per heavy atom. The first-order valence-electron chi connectivity index (χ1n) is 9.67. The third-order valence-corrected chi connectivity index (χ3v) is 5.27. The fourth-order valence-electron chi connectivity index (χ4n) is 3.57. The minimum atomic E-state index is -0.973. The van der Waals surface area contributed by atoms with Crippen LogP contribution in [-0.4, -0.2) is 25.8 Å². The van der Waals surface area contributed by atoms with Crippen LogP contribution in [0.2, 0.25) is 0 Å². The van der Waals surface area contributed by atoms with Gasteiger partial charge in [0.05, 0.1) is 18.3 Å². The summed E-state index contributed by atoms with van der Waals surface area (Å²) in [5.41, 5.74) is 4.20. The first-order chi connectivity index (χ1) is 14.2. The molecule has 1 aliphatic carbocycles. The van der Waals surface area contributed by atoms with Crippen molar-refractivity contribution < 1.29 is 9.90 Å². The van der Waals surface area contributed by atoms with Gasteiger partial charge >= 0.3 is 5.97 Å². The van der Waals surface area contributed by atoms with Crippen LogP contribution >= 0.6 is 0 Å². The van der Waals surface area contributed by atoms with Gasteiger partial charge in [0.1, 0.15) is 11.4 Å². The van der Waals surface area contributed by atoms with Gasteiger partial charge in [-0.2, -0.15) is 5.10 Å². The molecule has 0 aliphatic heterocycles. The summed E-state index contributed by atoms with van der Waals surface area (Å²) in [6, 6.07) is 17.8. The number of carboxylic acids is 1. The van der Waals surface area contributed by atoms with Gasteiger partial charge in [0.2, 0.25) is 0 Å². The van der Waals surface area contributed by atoms with E-state index in [-0.39, 0.29) is 5.56 Å². The van der Waals surface area contributed by atoms with Gasteiger partial charge in [-0.05, 0) is 54.2 Å². The monoisotopic (exact) mass is 384 g/mol. The highest BCUT2D eigenvalue weighted by Crippen LogP contribution is 2.40. The number of nitrogens with zero attached hydrogens (tertiary/aromatic N) is 3. The van der Waals surface area contributed by atoms with Crippen LogP contribution in [0.4, 0.5) is 11.5 Å². The van der Waals surface area contributed by atoms with Crippen LogP contribution in [0.1, 0.15) is 40.2 Å². The first-order valence-corrected chi connectivity index (χ1v) is 9.67. The van der Waals surface area contributed by atoms with Crippen LogP contribution in [0.5, 0.6) is 0 Å². The lowest BCUT2D eigenvalue weighted by molar-refractivity contribution is 0.0697. The Hall–Kier alpha value is -3.67. The van der Waals surface area contributed by atoms with Crippen LogP contribution in [0, 0.1) is 0 Å². The lowest BCUT2D eigenvalue weighted by Gasteiger charge is -2.11. The van der Waals surface area contributed by atoms with E-state index in [2.05, 4.69) is 27.5 Å². The van der Waals surface area contributed by atoms with Gasteiger partial charge in [-0.1, -0.05) is 30.3 Å². The Kier molecular flexibility index (Phi) is 4.24. The van der Waals surface area contributed by atoms with Crippen molar-refractivity contribution in [2.45, 2.75) is 25.3 Å². The molecule has 0 unspecified atom stereocenters. The van der Waals surface area contributed by atoms with E-state index >= 15 is 0 Å². The molecule has 0 saturated heterocycles. The third-order valence-electron chi connectivity index (χ3n) is 5.27. The SMILES string of the molecule is O=C(O)c1cc(C2CC2)cnc1Nc1ccc2c(cnn2Cc2ccccc2)c1. The van der Waals surface area contributed by atoms with Gasteiger partial charge < -0.3 is 10.4 Å². The molecule has 29 heavy (non-hydrogen) atoms. The maximum atomic E-state index is 11.7. The van der Waals surface area contributed by atoms with Crippen molar-refractivity contribution in [3.63, 3.8) is 0 Å². The third kappa shape index (κ3) is 3.57. The van der Waals surface area contributed by atoms with Crippen molar-refractivity contribution in [1.82, 2.24) is 14.8 Å². The second kappa shape index (κ2) is 7.05. The fraction of sp³-hybridized carbons (Fsp3) is 0.174. The number of rotatable bonds is 6. The van der Waals surface area contributed by atoms with E-state index in [1.165, 1.54) is 5.56 Å². The molecule has 2 heterocycles. The molecule has 2 aromatic heterocycles. The number of hydrogen-bond donors (Lipinski definition) is 2. The van der Waals surface area contributed by atoms with Crippen molar-refractivity contribution in [2.75, 3.05) is 5.32 Å². The van der Waals surface area contributed by atoms with Crippen LogP contribution in [0.3, 0.4) is 0 Å². The number of carbonyl (C=O) groups is 1. The first kappa shape index (κ1) is 17.4. The molecular formula is C23H20N4O2. The number of nitrogens with one attached hydrogen (secondary N) is 1. The van der Waals surface area contributed by atoms with Gasteiger partial charge in [0.15, 0.2) is 0 Å². The van der Waals surface area contributed by atoms with E-state index in [0.717, 1.165) is 35.0 Å². The van der Waals surface area contributed by atoms with Gasteiger partial charge in [-0.25, -0.2) is 9.78 Å². The molecule has 0 spiro atoms. The number of carboxylic acid groups (broad SMARTS) is 1. The van der Waals surface area contributed by atoms with Crippen LogP contribution in [0.25, 0.3) is 10.9 Å². The van der Waals surface area contributed by atoms with Crippen molar-refractivity contribution in [3.05, 3.63) is 83.7 Å². The summed E-state index contributed by atoms with van der Waals surface area (Å²) in [5.74, 6) is -0.154. The van der Waals surface area contributed by atoms with Gasteiger partial charge in [-0.15, -0.1) is 0 Å². The predicted octanol–water partition coefficient (Wildman–Crippen LogP) is 4.80. The Bertz CT molecular complexity index is 1200. The normalized spacial score (nSPS) is 13.5. The lowest BCUT2D eigenvalue weighted by Crippen LogP contribution is -2.06. The van der Waals surface area contributed by atoms with Crippen molar-refractivity contribution in [2.24, 2.45) is 0 Å². The van der Waals surface area contributed by atoms with E-state index in [4.69, 9.17) is 0 Å². The summed E-state index contributed by atoms with van der Waals surface area (Å²) in [6.45, 7) is 0.699. The Labute approximate surface area is 167 Å². The van der Waals surface area contributed by atoms with Crippen molar-refractivity contribution in [3.8, 4) is 0 Å². The molecule has 0 bridgehead atoms. The van der Waals surface area contributed by atoms with Crippen LogP contribution < -0.4 is 5.32 Å². The standard InChI is InChI=1S/C23H20N4O2/c28-23(29)20-11-17(16-6-7-16)12-24-22(20)26-19-8-9-21-18(10-19)13-25-27(21)14-15-4-2-1-3-5-15/h1-5,8-13,16H,6-7,14H2,(H,24,26)(H,28,29). The Morgan fingerprint density at radius 2 is 1.93 bits per heavy atom. The van der Waals surface area contributed by atoms with Gasteiger partial charge in [-0.3, -0.25) is 4.68 Å². The summed E-state index contributed by atoms with van der Waals surface area (Å²) in [4.78, 5) is 16.1. The van der Waals surface area contributed by atoms with Gasteiger partial charge in [0.25, 0.3) is 0 Å². The van der Waals surface area contributed by atoms with E-state index in [9.17, 15) is 9.90 Å². The molecule has 2 aromatic carbocycles. The number of anilines is 2. The van der Waals surface area contributed by atoms with Crippen molar-refractivity contribution >= 4 is 28.4 Å². The second-order valence-electron chi connectivity index (χ2n) is 7.43. The second-order valence-corrected chi connectivity index (χ2v) is 7.43. The summed E-state index contributed by atoms with van der Waals surface area (Å²) < 4.78 is 1.96. The molecule has 4 aromatic rings. The topological polar surface area (TPSA) is 80.0 Å². The maximum Gasteiger partial charge on any atom is 0.339 e. The summed E-state index contributed by atoms with van der Waals surface area (Å²) in [6.07, 6.45) is 5.82. The molecule has 1 aliphatic rings. The summed E-state index contributed by atoms with van der Waals surface area (Å²) >= 11 is 0. The molecule has 5 rings (SSSR count). The zero-order chi connectivity index (χ0) is 19.8. The number of hydrogen-bond acceptors (Lipinski definition) is 4. The van der Waals surface area contributed by atoms with Crippen molar-refractivity contribution in [1.29, 1.82) is 0 Å². The minimum Gasteiger partial charge on any atom is -0.478 e. The molecule has 6 heteroatoms. The Morgan fingerprint density at radius 3 is 2.69 bits per heavy atom. The molecular weight excluding hydrogens is 364 g/mol. The van der Waals surface area contributed by atoms with E-state index in [1.807, 2.05) is 47.3 Å². The number of aromatic carboxylic acids is 1. The van der Waals surface area contributed by atoms with Crippen LogP contribution in [-0.2, 0) is 6.54 Å². The molecule has 1 saturated carbocycles. The highest BCUT2D eigenvalue weighted by molar-refractivity contribution is 5.94. The zero-order valence-corrected chi connectivity index (χ0v) is 15.7. The molecule has 0 atom stereocenters. The Balaban J connectivity index is 1.42. The minimum absolute atomic E-state index is 0.203. The number of benzene rings is 2. The van der Waals surface area contributed by atoms with Crippen LogP contribution in [0.15, 0.2) is 67.0 Å². The highest BCUT2D eigenvalue weighted by Gasteiger charge is 2.26. The number of pyridine rings is 1. The lowest BCUT2D eigenvalue weighted by atomic mass is 10.1. The largest absolute Gasteiger partial charge is 0.478 e. The van der Waals surface area contributed by atoms with E-state index < -0.39 is 5.97 Å². The average molecular weight is 384 g/mol. The fourth-order valence-corrected chi connectivity index (χ4v) is 3.57. The maximum absolute atomic E-state index is 11.7. The zero-order valence-electron chi connectivity index (χ0n) is 15.7. The van der Waals surface area contributed by atoms with E-state index in [0.29, 0.717) is 18.3 Å². The molecule has 6 nitrogen and oxygen atoms in total. The quantitative estimate of drug-likeness (QED) is 0.499. The smallest absolute Gasteiger partial charge is 0.339 e. The predicted molar refractivity (Wildman–Crippen MR) is 112 cm³/mol. The number of aromatic nitrogens is 3. The van der Waals surface area contributed by atoms with E-state index in [1.54, 1.807) is 12.3 Å². The highest BCUT2D eigenvalue weighted by atomic mass is 16.4. The molecule has 0 radical (unpaired) electrons. The number of fused-ring (bicyclic) bond motifs is 1. The molecule has 1 fully saturated rings. The van der Waals surface area contributed by atoms with Gasteiger partial charge in [0, 0.05) is 17.3 Å². The molecule has 2 N–H and O–H groups in total. The molecule has 0 amide bonds.